The van der Waals surface area contributed by atoms with Crippen molar-refractivity contribution in [3.63, 3.8) is 0 Å². The Morgan fingerprint density at radius 1 is 1.38 bits per heavy atom. The molecule has 1 saturated heterocycles. The van der Waals surface area contributed by atoms with Crippen molar-refractivity contribution in [3.8, 4) is 5.75 Å². The van der Waals surface area contributed by atoms with Crippen LogP contribution in [0.3, 0.4) is 0 Å². The molecule has 1 fully saturated rings. The largest absolute Gasteiger partial charge is 0.495 e. The molecule has 1 aliphatic heterocycles. The van der Waals surface area contributed by atoms with Crippen LogP contribution in [0.25, 0.3) is 0 Å². The number of para-hydroxylation sites is 2. The molecular formula is C11H15NO3S. The van der Waals surface area contributed by atoms with Crippen LogP contribution in [0.5, 0.6) is 5.75 Å². The van der Waals surface area contributed by atoms with E-state index in [0.29, 0.717) is 6.42 Å². The third kappa shape index (κ3) is 2.47. The van der Waals surface area contributed by atoms with Crippen LogP contribution in [0.4, 0.5) is 5.69 Å². The van der Waals surface area contributed by atoms with Crippen LogP contribution < -0.4 is 10.1 Å². The fraction of sp³-hybridized carbons (Fsp3) is 0.455. The summed E-state index contributed by atoms with van der Waals surface area (Å²) in [6, 6.07) is 7.53. The highest BCUT2D eigenvalue weighted by molar-refractivity contribution is 7.91. The number of benzene rings is 1. The van der Waals surface area contributed by atoms with Crippen LogP contribution in [0, 0.1) is 0 Å². The predicted molar refractivity (Wildman–Crippen MR) is 63.7 cm³/mol. The van der Waals surface area contributed by atoms with Gasteiger partial charge in [0.2, 0.25) is 0 Å². The summed E-state index contributed by atoms with van der Waals surface area (Å²) < 4.78 is 27.8. The van der Waals surface area contributed by atoms with Gasteiger partial charge in [-0.25, -0.2) is 8.42 Å². The molecule has 0 aromatic heterocycles. The Morgan fingerprint density at radius 2 is 2.12 bits per heavy atom. The zero-order valence-electron chi connectivity index (χ0n) is 9.14. The number of hydrogen-bond donors (Lipinski definition) is 1. The van der Waals surface area contributed by atoms with E-state index in [4.69, 9.17) is 4.74 Å². The van der Waals surface area contributed by atoms with Gasteiger partial charge in [-0.2, -0.15) is 0 Å². The minimum atomic E-state index is -2.84. The maximum Gasteiger partial charge on any atom is 0.152 e. The van der Waals surface area contributed by atoms with Gasteiger partial charge in [-0.1, -0.05) is 12.1 Å². The molecule has 0 unspecified atom stereocenters. The molecule has 0 bridgehead atoms. The molecule has 0 aliphatic carbocycles. The Balaban J connectivity index is 2.10. The van der Waals surface area contributed by atoms with E-state index in [1.165, 1.54) is 0 Å². The van der Waals surface area contributed by atoms with E-state index in [2.05, 4.69) is 5.32 Å². The number of sulfone groups is 1. The Morgan fingerprint density at radius 3 is 2.75 bits per heavy atom. The molecular weight excluding hydrogens is 226 g/mol. The quantitative estimate of drug-likeness (QED) is 0.866. The van der Waals surface area contributed by atoms with Crippen molar-refractivity contribution in [2.24, 2.45) is 0 Å². The van der Waals surface area contributed by atoms with Gasteiger partial charge in [0, 0.05) is 6.04 Å². The third-order valence-corrected chi connectivity index (χ3v) is 4.47. The Kier molecular flexibility index (Phi) is 3.05. The fourth-order valence-electron chi connectivity index (χ4n) is 1.89. The highest BCUT2D eigenvalue weighted by Gasteiger charge is 2.28. The van der Waals surface area contributed by atoms with Gasteiger partial charge < -0.3 is 10.1 Å². The van der Waals surface area contributed by atoms with Gasteiger partial charge in [0.15, 0.2) is 9.84 Å². The van der Waals surface area contributed by atoms with Crippen LogP contribution in [-0.4, -0.2) is 33.1 Å². The van der Waals surface area contributed by atoms with Gasteiger partial charge in [-0.3, -0.25) is 0 Å². The van der Waals surface area contributed by atoms with E-state index in [1.54, 1.807) is 7.11 Å². The summed E-state index contributed by atoms with van der Waals surface area (Å²) in [5.41, 5.74) is 0.854. The van der Waals surface area contributed by atoms with E-state index in [0.717, 1.165) is 11.4 Å². The van der Waals surface area contributed by atoms with Crippen LogP contribution in [0.15, 0.2) is 24.3 Å². The molecule has 1 N–H and O–H groups in total. The molecule has 0 spiro atoms. The van der Waals surface area contributed by atoms with E-state index in [-0.39, 0.29) is 17.5 Å². The van der Waals surface area contributed by atoms with Gasteiger partial charge in [0.1, 0.15) is 5.75 Å². The van der Waals surface area contributed by atoms with Crippen molar-refractivity contribution in [1.29, 1.82) is 0 Å². The predicted octanol–water partition coefficient (Wildman–Crippen LogP) is 1.29. The second-order valence-corrected chi connectivity index (χ2v) is 6.17. The van der Waals surface area contributed by atoms with E-state index in [1.807, 2.05) is 24.3 Å². The van der Waals surface area contributed by atoms with Crippen LogP contribution in [0.1, 0.15) is 6.42 Å². The highest BCUT2D eigenvalue weighted by Crippen LogP contribution is 2.26. The number of nitrogens with one attached hydrogen (secondary N) is 1. The van der Waals surface area contributed by atoms with Crippen molar-refractivity contribution in [1.82, 2.24) is 0 Å². The summed E-state index contributed by atoms with van der Waals surface area (Å²) >= 11 is 0. The standard InChI is InChI=1S/C11H15NO3S/c1-15-11-5-3-2-4-10(11)12-9-6-7-16(13,14)8-9/h2-5,9,12H,6-8H2,1H3/t9-/m1/s1. The lowest BCUT2D eigenvalue weighted by atomic mass is 10.2. The molecule has 1 aromatic rings. The normalized spacial score (nSPS) is 22.9. The molecule has 16 heavy (non-hydrogen) atoms. The molecule has 1 heterocycles. The number of rotatable bonds is 3. The molecule has 1 atom stereocenters. The molecule has 0 saturated carbocycles. The lowest BCUT2D eigenvalue weighted by Gasteiger charge is -2.15. The zero-order valence-corrected chi connectivity index (χ0v) is 9.96. The average Bonchev–Trinajstić information content (AvgIpc) is 2.59. The van der Waals surface area contributed by atoms with E-state index >= 15 is 0 Å². The zero-order chi connectivity index (χ0) is 11.6. The topological polar surface area (TPSA) is 55.4 Å². The summed E-state index contributed by atoms with van der Waals surface area (Å²) in [6.45, 7) is 0. The second-order valence-electron chi connectivity index (χ2n) is 3.94. The number of anilines is 1. The third-order valence-electron chi connectivity index (χ3n) is 2.70. The smallest absolute Gasteiger partial charge is 0.152 e. The molecule has 0 amide bonds. The monoisotopic (exact) mass is 241 g/mol. The first-order chi connectivity index (χ1) is 7.61. The lowest BCUT2D eigenvalue weighted by Crippen LogP contribution is -2.20. The molecule has 0 radical (unpaired) electrons. The summed E-state index contributed by atoms with van der Waals surface area (Å²) in [4.78, 5) is 0. The average molecular weight is 241 g/mol. The van der Waals surface area contributed by atoms with Crippen molar-refractivity contribution in [2.75, 3.05) is 23.9 Å². The van der Waals surface area contributed by atoms with E-state index in [9.17, 15) is 8.42 Å². The molecule has 1 aromatic carbocycles. The molecule has 5 heteroatoms. The summed E-state index contributed by atoms with van der Waals surface area (Å²) in [5, 5.41) is 3.21. The van der Waals surface area contributed by atoms with Gasteiger partial charge in [0.25, 0.3) is 0 Å². The second kappa shape index (κ2) is 4.33. The minimum absolute atomic E-state index is 0.00120. The maximum atomic E-state index is 11.3. The summed E-state index contributed by atoms with van der Waals surface area (Å²) in [5.74, 6) is 1.23. The van der Waals surface area contributed by atoms with Crippen LogP contribution in [-0.2, 0) is 9.84 Å². The molecule has 88 valence electrons. The van der Waals surface area contributed by atoms with Crippen LogP contribution in [0.2, 0.25) is 0 Å². The fourth-order valence-corrected chi connectivity index (χ4v) is 3.57. The number of hydrogen-bond acceptors (Lipinski definition) is 4. The highest BCUT2D eigenvalue weighted by atomic mass is 32.2. The molecule has 4 nitrogen and oxygen atoms in total. The molecule has 2 rings (SSSR count). The first-order valence-electron chi connectivity index (χ1n) is 5.21. The lowest BCUT2D eigenvalue weighted by molar-refractivity contribution is 0.416. The summed E-state index contributed by atoms with van der Waals surface area (Å²) in [6.07, 6.45) is 0.667. The van der Waals surface area contributed by atoms with Crippen molar-refractivity contribution < 1.29 is 13.2 Å². The van der Waals surface area contributed by atoms with Crippen molar-refractivity contribution in [2.45, 2.75) is 12.5 Å². The van der Waals surface area contributed by atoms with Gasteiger partial charge >= 0.3 is 0 Å². The number of ether oxygens (including phenoxy) is 1. The summed E-state index contributed by atoms with van der Waals surface area (Å²) in [7, 11) is -1.24. The SMILES string of the molecule is COc1ccccc1N[C@@H]1CCS(=O)(=O)C1. The Hall–Kier alpha value is -1.23. The van der Waals surface area contributed by atoms with Crippen molar-refractivity contribution in [3.05, 3.63) is 24.3 Å². The first kappa shape index (κ1) is 11.3. The minimum Gasteiger partial charge on any atom is -0.495 e. The first-order valence-corrected chi connectivity index (χ1v) is 7.03. The van der Waals surface area contributed by atoms with Gasteiger partial charge in [-0.15, -0.1) is 0 Å². The molecule has 1 aliphatic rings. The van der Waals surface area contributed by atoms with Crippen LogP contribution >= 0.6 is 0 Å². The van der Waals surface area contributed by atoms with Gasteiger partial charge in [-0.05, 0) is 18.6 Å². The Bertz CT molecular complexity index is 470. The van der Waals surface area contributed by atoms with E-state index < -0.39 is 9.84 Å². The number of methoxy groups -OCH3 is 1. The van der Waals surface area contributed by atoms with Gasteiger partial charge in [0.05, 0.1) is 24.3 Å². The maximum absolute atomic E-state index is 11.3. The van der Waals surface area contributed by atoms with Crippen molar-refractivity contribution >= 4 is 15.5 Å². The Labute approximate surface area is 95.5 Å².